The zero-order chi connectivity index (χ0) is 24.0. The molecule has 0 atom stereocenters. The lowest BCUT2D eigenvalue weighted by atomic mass is 10.0. The van der Waals surface area contributed by atoms with E-state index in [4.69, 9.17) is 9.47 Å². The largest absolute Gasteiger partial charge is 0.504 e. The van der Waals surface area contributed by atoms with E-state index in [1.165, 1.54) is 26.4 Å². The van der Waals surface area contributed by atoms with Crippen molar-refractivity contribution in [2.24, 2.45) is 0 Å². The summed E-state index contributed by atoms with van der Waals surface area (Å²) in [5, 5.41) is 28.8. The molecular weight excluding hydrogens is 428 g/mol. The number of methoxy groups -OCH3 is 2. The molecule has 1 heterocycles. The number of hydrogen-bond donors (Lipinski definition) is 3. The zero-order valence-electron chi connectivity index (χ0n) is 18.7. The fourth-order valence-electron chi connectivity index (χ4n) is 3.71. The summed E-state index contributed by atoms with van der Waals surface area (Å²) >= 11 is 0. The van der Waals surface area contributed by atoms with Crippen LogP contribution in [-0.2, 0) is 18.0 Å². The van der Waals surface area contributed by atoms with Gasteiger partial charge in [-0.25, -0.2) is 0 Å². The van der Waals surface area contributed by atoms with Crippen LogP contribution in [0.3, 0.4) is 0 Å². The quantitative estimate of drug-likeness (QED) is 0.539. The number of hydrogen-bond acceptors (Lipinski definition) is 7. The van der Waals surface area contributed by atoms with E-state index < -0.39 is 0 Å². The molecule has 1 fully saturated rings. The predicted octanol–water partition coefficient (Wildman–Crippen LogP) is 1.39. The van der Waals surface area contributed by atoms with Gasteiger partial charge in [0.05, 0.1) is 27.4 Å². The Morgan fingerprint density at radius 3 is 2.21 bits per heavy atom. The minimum absolute atomic E-state index is 0.0245. The average Bonchev–Trinajstić information content (AvgIpc) is 2.86. The maximum absolute atomic E-state index is 13.0. The second-order valence-electron chi connectivity index (χ2n) is 7.51. The number of rotatable bonds is 7. The smallest absolute Gasteiger partial charge is 0.254 e. The van der Waals surface area contributed by atoms with E-state index in [9.17, 15) is 24.9 Å². The Kier molecular flexibility index (Phi) is 7.92. The molecule has 33 heavy (non-hydrogen) atoms. The number of amides is 2. The van der Waals surface area contributed by atoms with Gasteiger partial charge in [0.2, 0.25) is 5.91 Å². The van der Waals surface area contributed by atoms with Crippen molar-refractivity contribution in [2.45, 2.75) is 13.2 Å². The second kappa shape index (κ2) is 10.8. The Hall–Kier alpha value is -3.56. The molecule has 0 spiro atoms. The highest BCUT2D eigenvalue weighted by Crippen LogP contribution is 2.27. The van der Waals surface area contributed by atoms with Crippen LogP contribution in [0.2, 0.25) is 0 Å². The van der Waals surface area contributed by atoms with Gasteiger partial charge in [-0.3, -0.25) is 9.59 Å². The molecular formula is C24H28N2O7. The van der Waals surface area contributed by atoms with Crippen LogP contribution in [0.5, 0.6) is 17.2 Å². The van der Waals surface area contributed by atoms with Gasteiger partial charge in [-0.2, -0.15) is 0 Å². The third-order valence-electron chi connectivity index (χ3n) is 5.60. The highest BCUT2D eigenvalue weighted by atomic mass is 16.5. The molecule has 0 aliphatic carbocycles. The molecule has 2 aromatic carbocycles. The van der Waals surface area contributed by atoms with E-state index in [2.05, 4.69) is 0 Å². The number of piperazine rings is 1. The maximum Gasteiger partial charge on any atom is 0.254 e. The maximum atomic E-state index is 13.0. The van der Waals surface area contributed by atoms with Crippen molar-refractivity contribution in [1.82, 2.24) is 9.80 Å². The lowest BCUT2D eigenvalue weighted by Gasteiger charge is -2.34. The molecule has 3 rings (SSSR count). The number of phenolic OH excluding ortho intramolecular Hbond substituents is 1. The number of carbonyl (C=O) groups excluding carboxylic acids is 2. The Morgan fingerprint density at radius 1 is 0.939 bits per heavy atom. The second-order valence-corrected chi connectivity index (χ2v) is 7.51. The van der Waals surface area contributed by atoms with Crippen molar-refractivity contribution in [3.63, 3.8) is 0 Å². The monoisotopic (exact) mass is 456 g/mol. The van der Waals surface area contributed by atoms with Crippen molar-refractivity contribution in [1.29, 1.82) is 0 Å². The van der Waals surface area contributed by atoms with Crippen molar-refractivity contribution >= 4 is 17.9 Å². The van der Waals surface area contributed by atoms with Crippen LogP contribution in [-0.4, -0.2) is 77.3 Å². The molecule has 176 valence electrons. The fraction of sp³-hybridized carbons (Fsp3) is 0.333. The van der Waals surface area contributed by atoms with E-state index in [0.717, 1.165) is 0 Å². The van der Waals surface area contributed by atoms with Gasteiger partial charge in [-0.1, -0.05) is 6.07 Å². The Bertz CT molecular complexity index is 1020. The van der Waals surface area contributed by atoms with Crippen LogP contribution in [0.1, 0.15) is 27.0 Å². The molecule has 1 aliphatic rings. The Labute approximate surface area is 192 Å². The van der Waals surface area contributed by atoms with Crippen LogP contribution < -0.4 is 9.47 Å². The average molecular weight is 456 g/mol. The molecule has 0 aromatic heterocycles. The van der Waals surface area contributed by atoms with Gasteiger partial charge in [0, 0.05) is 43.4 Å². The molecule has 0 radical (unpaired) electrons. The molecule has 2 aromatic rings. The minimum atomic E-state index is -0.325. The highest BCUT2D eigenvalue weighted by Gasteiger charge is 2.25. The normalized spacial score (nSPS) is 13.9. The number of aliphatic hydroxyl groups is 2. The van der Waals surface area contributed by atoms with Crippen molar-refractivity contribution in [3.05, 3.63) is 58.7 Å². The summed E-state index contributed by atoms with van der Waals surface area (Å²) in [5.41, 5.74) is 1.95. The number of ether oxygens (including phenoxy) is 2. The summed E-state index contributed by atoms with van der Waals surface area (Å²) in [6.45, 7) is 0.862. The first-order chi connectivity index (χ1) is 15.9. The van der Waals surface area contributed by atoms with Gasteiger partial charge in [0.25, 0.3) is 5.91 Å². The SMILES string of the molecule is COc1cc(/C=C/C(=O)N2CCN(C(=O)c3cc(CO)c(CO)c(OC)c3)CC2)ccc1O. The highest BCUT2D eigenvalue weighted by molar-refractivity contribution is 5.96. The van der Waals surface area contributed by atoms with Crippen molar-refractivity contribution in [2.75, 3.05) is 40.4 Å². The van der Waals surface area contributed by atoms with Crippen molar-refractivity contribution < 1.29 is 34.4 Å². The first-order valence-electron chi connectivity index (χ1n) is 10.5. The van der Waals surface area contributed by atoms with E-state index in [0.29, 0.717) is 59.9 Å². The minimum Gasteiger partial charge on any atom is -0.504 e. The Balaban J connectivity index is 1.63. The standard InChI is InChI=1S/C24H28N2O7/c1-32-21-13-17(12-18(14-27)19(21)15-28)24(31)26-9-7-25(8-10-26)23(30)6-4-16-3-5-20(29)22(11-16)33-2/h3-6,11-13,27-29H,7-10,14-15H2,1-2H3/b6-4+. The number of nitrogens with zero attached hydrogens (tertiary/aromatic N) is 2. The molecule has 9 nitrogen and oxygen atoms in total. The molecule has 1 saturated heterocycles. The van der Waals surface area contributed by atoms with Crippen LogP contribution in [0, 0.1) is 0 Å². The van der Waals surface area contributed by atoms with Crippen LogP contribution in [0.4, 0.5) is 0 Å². The summed E-state index contributed by atoms with van der Waals surface area (Å²) in [6.07, 6.45) is 3.10. The van der Waals surface area contributed by atoms with Gasteiger partial charge in [-0.15, -0.1) is 0 Å². The first kappa shape index (κ1) is 24.1. The van der Waals surface area contributed by atoms with E-state index in [-0.39, 0.29) is 30.8 Å². The molecule has 0 saturated carbocycles. The third kappa shape index (κ3) is 5.44. The number of benzene rings is 2. The first-order valence-corrected chi connectivity index (χ1v) is 10.5. The number of phenols is 1. The predicted molar refractivity (Wildman–Crippen MR) is 121 cm³/mol. The van der Waals surface area contributed by atoms with Gasteiger partial charge >= 0.3 is 0 Å². The fourth-order valence-corrected chi connectivity index (χ4v) is 3.71. The summed E-state index contributed by atoms with van der Waals surface area (Å²) in [4.78, 5) is 28.9. The van der Waals surface area contributed by atoms with Gasteiger partial charge < -0.3 is 34.6 Å². The van der Waals surface area contributed by atoms with Crippen LogP contribution in [0.25, 0.3) is 6.08 Å². The van der Waals surface area contributed by atoms with Crippen LogP contribution in [0.15, 0.2) is 36.4 Å². The topological polar surface area (TPSA) is 120 Å². The number of aliphatic hydroxyl groups excluding tert-OH is 2. The molecule has 2 amide bonds. The zero-order valence-corrected chi connectivity index (χ0v) is 18.7. The van der Waals surface area contributed by atoms with Crippen LogP contribution >= 0.6 is 0 Å². The number of carbonyl (C=O) groups is 2. The van der Waals surface area contributed by atoms with Gasteiger partial charge in [-0.05, 0) is 41.5 Å². The molecule has 3 N–H and O–H groups in total. The lowest BCUT2D eigenvalue weighted by molar-refractivity contribution is -0.127. The summed E-state index contributed by atoms with van der Waals surface area (Å²) in [5.74, 6) is 0.287. The molecule has 1 aliphatic heterocycles. The van der Waals surface area contributed by atoms with Crippen molar-refractivity contribution in [3.8, 4) is 17.2 Å². The molecule has 0 bridgehead atoms. The Morgan fingerprint density at radius 2 is 1.61 bits per heavy atom. The summed E-state index contributed by atoms with van der Waals surface area (Å²) < 4.78 is 10.3. The van der Waals surface area contributed by atoms with E-state index >= 15 is 0 Å². The van der Waals surface area contributed by atoms with Gasteiger partial charge in [0.1, 0.15) is 5.75 Å². The summed E-state index contributed by atoms with van der Waals surface area (Å²) in [6, 6.07) is 7.92. The molecule has 0 unspecified atom stereocenters. The van der Waals surface area contributed by atoms with E-state index in [1.54, 1.807) is 40.1 Å². The summed E-state index contributed by atoms with van der Waals surface area (Å²) in [7, 11) is 2.90. The lowest BCUT2D eigenvalue weighted by Crippen LogP contribution is -2.50. The third-order valence-corrected chi connectivity index (χ3v) is 5.60. The molecule has 9 heteroatoms. The van der Waals surface area contributed by atoms with Gasteiger partial charge in [0.15, 0.2) is 11.5 Å². The van der Waals surface area contributed by atoms with E-state index in [1.807, 2.05) is 0 Å². The number of aromatic hydroxyl groups is 1.